The normalized spacial score (nSPS) is 10.7. The van der Waals surface area contributed by atoms with Gasteiger partial charge in [0.2, 0.25) is 0 Å². The van der Waals surface area contributed by atoms with Crippen molar-refractivity contribution in [3.63, 3.8) is 0 Å². The van der Waals surface area contributed by atoms with Crippen LogP contribution in [0.15, 0.2) is 36.5 Å². The van der Waals surface area contributed by atoms with Gasteiger partial charge in [0.25, 0.3) is 0 Å². The molecule has 7 nitrogen and oxygen atoms in total. The quantitative estimate of drug-likeness (QED) is 0.667. The number of amides is 2. The number of nitrogens with one attached hydrogen (secondary N) is 3. The third kappa shape index (κ3) is 3.71. The zero-order valence-corrected chi connectivity index (χ0v) is 14.6. The first-order chi connectivity index (χ1) is 12.1. The zero-order chi connectivity index (χ0) is 17.8. The molecule has 0 unspecified atom stereocenters. The van der Waals surface area contributed by atoms with Gasteiger partial charge in [0.05, 0.1) is 35.5 Å². The largest absolute Gasteiger partial charge is 0.341 e. The van der Waals surface area contributed by atoms with Crippen molar-refractivity contribution < 1.29 is 4.79 Å². The summed E-state index contributed by atoms with van der Waals surface area (Å²) in [7, 11) is 0. The van der Waals surface area contributed by atoms with Crippen molar-refractivity contribution in [3.8, 4) is 11.3 Å². The number of aromatic nitrogens is 4. The number of urea groups is 1. The highest BCUT2D eigenvalue weighted by Gasteiger charge is 2.13. The SMILES string of the molecule is CCn1nc(C)c(NC(=O)NCc2ncc(-c3ccccc3)[nH]2)c1C. The monoisotopic (exact) mass is 338 g/mol. The summed E-state index contributed by atoms with van der Waals surface area (Å²) in [5.74, 6) is 0.701. The average Bonchev–Trinajstić information content (AvgIpc) is 3.21. The molecule has 0 saturated heterocycles. The number of hydrogen-bond acceptors (Lipinski definition) is 3. The number of nitrogens with zero attached hydrogens (tertiary/aromatic N) is 3. The van der Waals surface area contributed by atoms with E-state index in [1.165, 1.54) is 0 Å². The van der Waals surface area contributed by atoms with Crippen molar-refractivity contribution in [3.05, 3.63) is 53.7 Å². The van der Waals surface area contributed by atoms with Crippen LogP contribution >= 0.6 is 0 Å². The number of carbonyl (C=O) groups is 1. The molecule has 3 rings (SSSR count). The zero-order valence-electron chi connectivity index (χ0n) is 14.6. The van der Waals surface area contributed by atoms with Gasteiger partial charge in [0, 0.05) is 6.54 Å². The third-order valence-corrected chi connectivity index (χ3v) is 4.05. The van der Waals surface area contributed by atoms with Gasteiger partial charge in [-0.05, 0) is 26.3 Å². The number of aromatic amines is 1. The number of carbonyl (C=O) groups excluding carboxylic acids is 1. The number of benzene rings is 1. The maximum atomic E-state index is 12.2. The lowest BCUT2D eigenvalue weighted by Crippen LogP contribution is -2.29. The minimum atomic E-state index is -0.278. The molecule has 130 valence electrons. The van der Waals surface area contributed by atoms with Crippen LogP contribution in [0.3, 0.4) is 0 Å². The number of aryl methyl sites for hydroxylation is 2. The first-order valence-corrected chi connectivity index (χ1v) is 8.26. The van der Waals surface area contributed by atoms with Crippen LogP contribution in [0.5, 0.6) is 0 Å². The molecule has 3 aromatic rings. The lowest BCUT2D eigenvalue weighted by molar-refractivity contribution is 0.251. The summed E-state index contributed by atoms with van der Waals surface area (Å²) < 4.78 is 1.86. The number of rotatable bonds is 5. The van der Waals surface area contributed by atoms with Crippen LogP contribution in [0.25, 0.3) is 11.3 Å². The van der Waals surface area contributed by atoms with Gasteiger partial charge in [-0.15, -0.1) is 0 Å². The van der Waals surface area contributed by atoms with Gasteiger partial charge in [-0.25, -0.2) is 9.78 Å². The Balaban J connectivity index is 1.60. The Morgan fingerprint density at radius 3 is 2.68 bits per heavy atom. The fourth-order valence-corrected chi connectivity index (χ4v) is 2.72. The Morgan fingerprint density at radius 1 is 1.24 bits per heavy atom. The summed E-state index contributed by atoms with van der Waals surface area (Å²) in [5, 5.41) is 10.1. The van der Waals surface area contributed by atoms with E-state index in [0.717, 1.165) is 34.9 Å². The summed E-state index contributed by atoms with van der Waals surface area (Å²) in [5.41, 5.74) is 4.49. The highest BCUT2D eigenvalue weighted by molar-refractivity contribution is 5.90. The van der Waals surface area contributed by atoms with Crippen LogP contribution in [-0.4, -0.2) is 25.8 Å². The van der Waals surface area contributed by atoms with E-state index in [4.69, 9.17) is 0 Å². The molecule has 0 aliphatic rings. The minimum Gasteiger partial charge on any atom is -0.341 e. The molecule has 7 heteroatoms. The van der Waals surface area contributed by atoms with E-state index in [0.29, 0.717) is 12.4 Å². The Bertz CT molecular complexity index is 865. The first-order valence-electron chi connectivity index (χ1n) is 8.26. The molecule has 2 aromatic heterocycles. The van der Waals surface area contributed by atoms with Crippen molar-refractivity contribution in [2.24, 2.45) is 0 Å². The van der Waals surface area contributed by atoms with Gasteiger partial charge in [-0.1, -0.05) is 30.3 Å². The van der Waals surface area contributed by atoms with Crippen LogP contribution in [0, 0.1) is 13.8 Å². The fraction of sp³-hybridized carbons (Fsp3) is 0.278. The average molecular weight is 338 g/mol. The highest BCUT2D eigenvalue weighted by Crippen LogP contribution is 2.19. The minimum absolute atomic E-state index is 0.278. The molecule has 0 spiro atoms. The lowest BCUT2D eigenvalue weighted by atomic mass is 10.2. The van der Waals surface area contributed by atoms with Crippen molar-refractivity contribution in [2.75, 3.05) is 5.32 Å². The van der Waals surface area contributed by atoms with E-state index in [1.54, 1.807) is 6.20 Å². The van der Waals surface area contributed by atoms with Crippen molar-refractivity contribution in [1.29, 1.82) is 0 Å². The van der Waals surface area contributed by atoms with E-state index in [-0.39, 0.29) is 6.03 Å². The second-order valence-corrected chi connectivity index (χ2v) is 5.78. The Hall–Kier alpha value is -3.09. The van der Waals surface area contributed by atoms with Crippen molar-refractivity contribution >= 4 is 11.7 Å². The molecule has 25 heavy (non-hydrogen) atoms. The molecule has 3 N–H and O–H groups in total. The van der Waals surface area contributed by atoms with Crippen molar-refractivity contribution in [2.45, 2.75) is 33.9 Å². The molecule has 0 aliphatic carbocycles. The third-order valence-electron chi connectivity index (χ3n) is 4.05. The highest BCUT2D eigenvalue weighted by atomic mass is 16.2. The Kier molecular flexibility index (Phi) is 4.83. The first kappa shape index (κ1) is 16.8. The molecular weight excluding hydrogens is 316 g/mol. The van der Waals surface area contributed by atoms with E-state index in [9.17, 15) is 4.79 Å². The number of hydrogen-bond donors (Lipinski definition) is 3. The van der Waals surface area contributed by atoms with E-state index >= 15 is 0 Å². The van der Waals surface area contributed by atoms with E-state index in [1.807, 2.05) is 55.8 Å². The fourth-order valence-electron chi connectivity index (χ4n) is 2.72. The van der Waals surface area contributed by atoms with Crippen LogP contribution < -0.4 is 10.6 Å². The molecule has 0 saturated carbocycles. The summed E-state index contributed by atoms with van der Waals surface area (Å²) in [6.45, 7) is 6.93. The second kappa shape index (κ2) is 7.21. The van der Waals surface area contributed by atoms with Crippen LogP contribution in [-0.2, 0) is 13.1 Å². The maximum Gasteiger partial charge on any atom is 0.319 e. The standard InChI is InChI=1S/C18H22N6O/c1-4-24-13(3)17(12(2)23-24)22-18(25)20-11-16-19-10-15(21-16)14-8-6-5-7-9-14/h5-10H,4,11H2,1-3H3,(H,19,21)(H2,20,22,25). The van der Waals surface area contributed by atoms with Gasteiger partial charge >= 0.3 is 6.03 Å². The topological polar surface area (TPSA) is 87.6 Å². The van der Waals surface area contributed by atoms with Crippen LogP contribution in [0.1, 0.15) is 24.1 Å². The summed E-state index contributed by atoms with van der Waals surface area (Å²) in [4.78, 5) is 19.7. The molecule has 0 bridgehead atoms. The molecule has 0 radical (unpaired) electrons. The van der Waals surface area contributed by atoms with E-state index < -0.39 is 0 Å². The summed E-state index contributed by atoms with van der Waals surface area (Å²) in [6.07, 6.45) is 1.77. The second-order valence-electron chi connectivity index (χ2n) is 5.78. The molecule has 1 aromatic carbocycles. The van der Waals surface area contributed by atoms with Gasteiger partial charge in [0.15, 0.2) is 0 Å². The molecular formula is C18H22N6O. The number of imidazole rings is 1. The Labute approximate surface area is 146 Å². The molecule has 2 amide bonds. The summed E-state index contributed by atoms with van der Waals surface area (Å²) in [6, 6.07) is 9.66. The van der Waals surface area contributed by atoms with Gasteiger partial charge in [-0.2, -0.15) is 5.10 Å². The van der Waals surface area contributed by atoms with Gasteiger partial charge < -0.3 is 15.6 Å². The molecule has 0 aliphatic heterocycles. The van der Waals surface area contributed by atoms with Gasteiger partial charge in [-0.3, -0.25) is 4.68 Å². The number of H-pyrrole nitrogens is 1. The molecule has 0 atom stereocenters. The predicted molar refractivity (Wildman–Crippen MR) is 97.3 cm³/mol. The van der Waals surface area contributed by atoms with E-state index in [2.05, 4.69) is 25.7 Å². The van der Waals surface area contributed by atoms with Gasteiger partial charge in [0.1, 0.15) is 5.82 Å². The van der Waals surface area contributed by atoms with Crippen LogP contribution in [0.2, 0.25) is 0 Å². The maximum absolute atomic E-state index is 12.2. The smallest absolute Gasteiger partial charge is 0.319 e. The molecule has 0 fully saturated rings. The molecule has 2 heterocycles. The number of anilines is 1. The van der Waals surface area contributed by atoms with Crippen LogP contribution in [0.4, 0.5) is 10.5 Å². The summed E-state index contributed by atoms with van der Waals surface area (Å²) >= 11 is 0. The lowest BCUT2D eigenvalue weighted by Gasteiger charge is -2.07. The Morgan fingerprint density at radius 2 is 2.00 bits per heavy atom. The van der Waals surface area contributed by atoms with Crippen molar-refractivity contribution in [1.82, 2.24) is 25.1 Å². The predicted octanol–water partition coefficient (Wildman–Crippen LogP) is 3.23.